The van der Waals surface area contributed by atoms with Crippen LogP contribution in [0.5, 0.6) is 5.75 Å². The molecule has 0 saturated carbocycles. The van der Waals surface area contributed by atoms with Crippen LogP contribution in [0.15, 0.2) is 18.2 Å². The van der Waals surface area contributed by atoms with Crippen molar-refractivity contribution in [1.29, 1.82) is 0 Å². The van der Waals surface area contributed by atoms with Crippen LogP contribution < -0.4 is 10.5 Å². The van der Waals surface area contributed by atoms with Gasteiger partial charge >= 0.3 is 0 Å². The summed E-state index contributed by atoms with van der Waals surface area (Å²) in [4.78, 5) is 26.5. The van der Waals surface area contributed by atoms with Gasteiger partial charge in [-0.2, -0.15) is 0 Å². The monoisotopic (exact) mass is 394 g/mol. The summed E-state index contributed by atoms with van der Waals surface area (Å²) < 4.78 is 6.02. The molecule has 2 N–H and O–H groups in total. The number of amides is 2. The van der Waals surface area contributed by atoms with Crippen molar-refractivity contribution in [3.05, 3.63) is 28.8 Å². The van der Waals surface area contributed by atoms with Gasteiger partial charge in [0.25, 0.3) is 0 Å². The van der Waals surface area contributed by atoms with Gasteiger partial charge in [0.1, 0.15) is 5.75 Å². The number of likely N-dealkylation sites (tertiary alicyclic amines) is 1. The van der Waals surface area contributed by atoms with Gasteiger partial charge in [0.15, 0.2) is 0 Å². The van der Waals surface area contributed by atoms with Crippen molar-refractivity contribution in [2.45, 2.75) is 52.9 Å². The second kappa shape index (κ2) is 9.45. The normalized spacial score (nSPS) is 20.0. The van der Waals surface area contributed by atoms with Gasteiger partial charge in [-0.25, -0.2) is 0 Å². The highest BCUT2D eigenvalue weighted by Gasteiger charge is 2.40. The molecule has 27 heavy (non-hydrogen) atoms. The molecule has 1 aromatic carbocycles. The molecule has 0 spiro atoms. The summed E-state index contributed by atoms with van der Waals surface area (Å²) >= 11 is 6.08. The Bertz CT molecular complexity index is 675. The summed E-state index contributed by atoms with van der Waals surface area (Å²) in [7, 11) is 0. The van der Waals surface area contributed by atoms with Crippen LogP contribution in [0.3, 0.4) is 0 Å². The third-order valence-electron chi connectivity index (χ3n) is 5.53. The number of ether oxygens (including phenoxy) is 1. The van der Waals surface area contributed by atoms with Crippen LogP contribution in [0.2, 0.25) is 5.02 Å². The Hall–Kier alpha value is -1.75. The van der Waals surface area contributed by atoms with E-state index in [0.29, 0.717) is 23.9 Å². The van der Waals surface area contributed by atoms with Crippen molar-refractivity contribution in [1.82, 2.24) is 4.90 Å². The fourth-order valence-electron chi connectivity index (χ4n) is 3.92. The van der Waals surface area contributed by atoms with Crippen LogP contribution >= 0.6 is 11.6 Å². The number of primary amides is 1. The van der Waals surface area contributed by atoms with Crippen molar-refractivity contribution in [3.8, 4) is 5.75 Å². The molecule has 6 heteroatoms. The molecule has 2 amide bonds. The maximum atomic E-state index is 12.8. The third-order valence-corrected chi connectivity index (χ3v) is 5.96. The lowest BCUT2D eigenvalue weighted by Crippen LogP contribution is -2.51. The highest BCUT2D eigenvalue weighted by Crippen LogP contribution is 2.35. The Morgan fingerprint density at radius 2 is 2.04 bits per heavy atom. The number of piperidine rings is 1. The van der Waals surface area contributed by atoms with E-state index in [0.717, 1.165) is 37.8 Å². The SMILES string of the molecule is CCC(CC)C(=O)N1CCC[C@@](COc2ccc(Cl)c(C)c2)(CC(N)=O)C1. The van der Waals surface area contributed by atoms with Gasteiger partial charge in [-0.1, -0.05) is 25.4 Å². The highest BCUT2D eigenvalue weighted by atomic mass is 35.5. The Morgan fingerprint density at radius 3 is 2.63 bits per heavy atom. The average molecular weight is 395 g/mol. The van der Waals surface area contributed by atoms with Gasteiger partial charge in [-0.3, -0.25) is 9.59 Å². The van der Waals surface area contributed by atoms with Crippen LogP contribution in [0, 0.1) is 18.3 Å². The topological polar surface area (TPSA) is 72.6 Å². The average Bonchev–Trinajstić information content (AvgIpc) is 2.63. The van der Waals surface area contributed by atoms with Gasteiger partial charge < -0.3 is 15.4 Å². The molecule has 0 bridgehead atoms. The number of rotatable bonds is 8. The van der Waals surface area contributed by atoms with E-state index in [-0.39, 0.29) is 24.2 Å². The fourth-order valence-corrected chi connectivity index (χ4v) is 4.04. The molecule has 1 aromatic rings. The molecule has 1 aliphatic rings. The Labute approximate surface area is 167 Å². The lowest BCUT2D eigenvalue weighted by Gasteiger charge is -2.43. The van der Waals surface area contributed by atoms with E-state index in [4.69, 9.17) is 22.1 Å². The number of benzene rings is 1. The van der Waals surface area contributed by atoms with E-state index in [9.17, 15) is 9.59 Å². The molecule has 5 nitrogen and oxygen atoms in total. The van der Waals surface area contributed by atoms with Crippen LogP contribution in [-0.2, 0) is 9.59 Å². The standard InChI is InChI=1S/C21H31ClN2O3/c1-4-16(5-2)20(26)24-10-6-9-21(13-24,12-19(23)25)14-27-17-7-8-18(22)15(3)11-17/h7-8,11,16H,4-6,9-10,12-14H2,1-3H3,(H2,23,25)/t21-/m1/s1. The molecule has 0 aromatic heterocycles. The second-order valence-electron chi connectivity index (χ2n) is 7.72. The van der Waals surface area contributed by atoms with Crippen LogP contribution in [0.1, 0.15) is 51.5 Å². The zero-order valence-corrected chi connectivity index (χ0v) is 17.3. The number of hydrogen-bond acceptors (Lipinski definition) is 3. The highest BCUT2D eigenvalue weighted by molar-refractivity contribution is 6.31. The smallest absolute Gasteiger partial charge is 0.225 e. The number of aryl methyl sites for hydroxylation is 1. The van der Waals surface area contributed by atoms with Crippen molar-refractivity contribution < 1.29 is 14.3 Å². The molecule has 0 radical (unpaired) electrons. The van der Waals surface area contributed by atoms with Crippen LogP contribution in [0.25, 0.3) is 0 Å². The first-order chi connectivity index (χ1) is 12.8. The van der Waals surface area contributed by atoms with Gasteiger partial charge in [0.05, 0.1) is 6.61 Å². The van der Waals surface area contributed by atoms with Gasteiger partial charge in [-0.05, 0) is 56.4 Å². The van der Waals surface area contributed by atoms with Gasteiger partial charge in [0, 0.05) is 35.9 Å². The number of hydrogen-bond donors (Lipinski definition) is 1. The zero-order chi connectivity index (χ0) is 20.0. The molecular formula is C21H31ClN2O3. The minimum atomic E-state index is -0.445. The minimum absolute atomic E-state index is 0.0363. The number of carbonyl (C=O) groups excluding carboxylic acids is 2. The Kier molecular flexibility index (Phi) is 7.54. The molecule has 0 unspecified atom stereocenters. The first kappa shape index (κ1) is 21.5. The first-order valence-corrected chi connectivity index (χ1v) is 10.1. The zero-order valence-electron chi connectivity index (χ0n) is 16.6. The van der Waals surface area contributed by atoms with Gasteiger partial charge in [-0.15, -0.1) is 0 Å². The summed E-state index contributed by atoms with van der Waals surface area (Å²) in [6.45, 7) is 7.60. The molecular weight excluding hydrogens is 364 g/mol. The van der Waals surface area contributed by atoms with E-state index in [2.05, 4.69) is 0 Å². The Balaban J connectivity index is 2.15. The summed E-state index contributed by atoms with van der Waals surface area (Å²) in [6, 6.07) is 5.51. The first-order valence-electron chi connectivity index (χ1n) is 9.76. The van der Waals surface area contributed by atoms with E-state index in [1.807, 2.05) is 37.8 Å². The van der Waals surface area contributed by atoms with Gasteiger partial charge in [0.2, 0.25) is 11.8 Å². The quantitative estimate of drug-likeness (QED) is 0.725. The summed E-state index contributed by atoms with van der Waals surface area (Å²) in [5, 5.41) is 0.689. The van der Waals surface area contributed by atoms with Crippen molar-refractivity contribution in [3.63, 3.8) is 0 Å². The molecule has 150 valence electrons. The molecule has 1 aliphatic heterocycles. The predicted molar refractivity (Wildman–Crippen MR) is 108 cm³/mol. The minimum Gasteiger partial charge on any atom is -0.493 e. The lowest BCUT2D eigenvalue weighted by atomic mass is 9.77. The van der Waals surface area contributed by atoms with Crippen molar-refractivity contribution in [2.24, 2.45) is 17.1 Å². The van der Waals surface area contributed by atoms with E-state index < -0.39 is 5.41 Å². The van der Waals surface area contributed by atoms with Crippen molar-refractivity contribution >= 4 is 23.4 Å². The van der Waals surface area contributed by atoms with Crippen LogP contribution in [-0.4, -0.2) is 36.4 Å². The molecule has 1 fully saturated rings. The fraction of sp³-hybridized carbons (Fsp3) is 0.619. The summed E-state index contributed by atoms with van der Waals surface area (Å²) in [6.07, 6.45) is 3.54. The van der Waals surface area contributed by atoms with E-state index >= 15 is 0 Å². The molecule has 1 saturated heterocycles. The summed E-state index contributed by atoms with van der Waals surface area (Å²) in [5.74, 6) is 0.567. The van der Waals surface area contributed by atoms with E-state index in [1.54, 1.807) is 6.07 Å². The van der Waals surface area contributed by atoms with Crippen LogP contribution in [0.4, 0.5) is 0 Å². The third kappa shape index (κ3) is 5.61. The number of nitrogens with zero attached hydrogens (tertiary/aromatic N) is 1. The molecule has 2 rings (SSSR count). The molecule has 0 aliphatic carbocycles. The number of nitrogens with two attached hydrogens (primary N) is 1. The lowest BCUT2D eigenvalue weighted by molar-refractivity contribution is -0.141. The molecule has 1 heterocycles. The van der Waals surface area contributed by atoms with E-state index in [1.165, 1.54) is 0 Å². The largest absolute Gasteiger partial charge is 0.493 e. The maximum absolute atomic E-state index is 12.8. The number of carbonyl (C=O) groups is 2. The molecule has 1 atom stereocenters. The number of halogens is 1. The predicted octanol–water partition coefficient (Wildman–Crippen LogP) is 3.95. The maximum Gasteiger partial charge on any atom is 0.225 e. The second-order valence-corrected chi connectivity index (χ2v) is 8.13. The van der Waals surface area contributed by atoms with Crippen molar-refractivity contribution in [2.75, 3.05) is 19.7 Å². The Morgan fingerprint density at radius 1 is 1.33 bits per heavy atom. The summed E-state index contributed by atoms with van der Waals surface area (Å²) in [5.41, 5.74) is 6.03.